The summed E-state index contributed by atoms with van der Waals surface area (Å²) in [5.41, 5.74) is 1.20. The number of nitrogens with zero attached hydrogens (tertiary/aromatic N) is 1. The zero-order chi connectivity index (χ0) is 14.6. The summed E-state index contributed by atoms with van der Waals surface area (Å²) >= 11 is 0. The molecule has 0 saturated heterocycles. The van der Waals surface area contributed by atoms with Crippen LogP contribution in [0.15, 0.2) is 23.1 Å². The van der Waals surface area contributed by atoms with E-state index in [4.69, 9.17) is 0 Å². The summed E-state index contributed by atoms with van der Waals surface area (Å²) < 4.78 is 25.8. The number of rotatable bonds is 5. The largest absolute Gasteiger partial charge is 0.339 e. The van der Waals surface area contributed by atoms with Gasteiger partial charge in [0.15, 0.2) is 0 Å². The molecule has 0 saturated carbocycles. The summed E-state index contributed by atoms with van der Waals surface area (Å²) in [5.74, 6) is -0.143. The van der Waals surface area contributed by atoms with Crippen molar-refractivity contribution in [2.45, 2.75) is 25.7 Å². The Morgan fingerprint density at radius 2 is 1.84 bits per heavy atom. The predicted octanol–water partition coefficient (Wildman–Crippen LogP) is 1.39. The second-order valence-electron chi connectivity index (χ2n) is 4.16. The summed E-state index contributed by atoms with van der Waals surface area (Å²) in [4.78, 5) is 14.1. The average molecular weight is 284 g/mol. The van der Waals surface area contributed by atoms with Gasteiger partial charge in [-0.3, -0.25) is 4.79 Å². The smallest absolute Gasteiger partial charge is 0.254 e. The molecule has 0 aromatic heterocycles. The fourth-order valence-electron chi connectivity index (χ4n) is 1.80. The van der Waals surface area contributed by atoms with Crippen LogP contribution < -0.4 is 4.72 Å². The van der Waals surface area contributed by atoms with Crippen molar-refractivity contribution in [3.05, 3.63) is 29.3 Å². The lowest BCUT2D eigenvalue weighted by Gasteiger charge is -2.20. The highest BCUT2D eigenvalue weighted by atomic mass is 32.2. The van der Waals surface area contributed by atoms with E-state index in [1.807, 2.05) is 13.8 Å². The normalized spacial score (nSPS) is 11.4. The predicted molar refractivity (Wildman–Crippen MR) is 74.7 cm³/mol. The highest BCUT2D eigenvalue weighted by molar-refractivity contribution is 7.89. The van der Waals surface area contributed by atoms with Crippen molar-refractivity contribution in [1.29, 1.82) is 0 Å². The zero-order valence-electron chi connectivity index (χ0n) is 11.7. The lowest BCUT2D eigenvalue weighted by atomic mass is 10.1. The van der Waals surface area contributed by atoms with Crippen LogP contribution >= 0.6 is 0 Å². The Bertz CT molecular complexity index is 563. The number of hydrogen-bond acceptors (Lipinski definition) is 3. The van der Waals surface area contributed by atoms with E-state index in [9.17, 15) is 13.2 Å². The van der Waals surface area contributed by atoms with Crippen molar-refractivity contribution < 1.29 is 13.2 Å². The monoisotopic (exact) mass is 284 g/mol. The van der Waals surface area contributed by atoms with Crippen LogP contribution in [0.25, 0.3) is 0 Å². The van der Waals surface area contributed by atoms with Gasteiger partial charge in [0.25, 0.3) is 5.91 Å². The van der Waals surface area contributed by atoms with Crippen molar-refractivity contribution in [2.75, 3.05) is 20.1 Å². The zero-order valence-corrected chi connectivity index (χ0v) is 12.5. The van der Waals surface area contributed by atoms with Crippen molar-refractivity contribution in [1.82, 2.24) is 9.62 Å². The van der Waals surface area contributed by atoms with Crippen LogP contribution in [0.1, 0.15) is 29.8 Å². The number of hydrogen-bond donors (Lipinski definition) is 1. The van der Waals surface area contributed by atoms with Gasteiger partial charge in [0, 0.05) is 18.7 Å². The Kier molecular flexibility index (Phi) is 5.08. The number of benzene rings is 1. The lowest BCUT2D eigenvalue weighted by Crippen LogP contribution is -2.31. The molecule has 0 heterocycles. The second-order valence-corrected chi connectivity index (χ2v) is 6.05. The molecule has 0 atom stereocenters. The second kappa shape index (κ2) is 6.16. The van der Waals surface area contributed by atoms with Gasteiger partial charge >= 0.3 is 0 Å². The van der Waals surface area contributed by atoms with Gasteiger partial charge < -0.3 is 4.90 Å². The van der Waals surface area contributed by atoms with Crippen LogP contribution in [0.5, 0.6) is 0 Å². The topological polar surface area (TPSA) is 66.5 Å². The van der Waals surface area contributed by atoms with Crippen LogP contribution in [0.4, 0.5) is 0 Å². The molecule has 106 valence electrons. The van der Waals surface area contributed by atoms with Crippen molar-refractivity contribution >= 4 is 15.9 Å². The Morgan fingerprint density at radius 3 is 2.32 bits per heavy atom. The third kappa shape index (κ3) is 3.33. The molecule has 0 radical (unpaired) electrons. The number of nitrogens with one attached hydrogen (secondary N) is 1. The van der Waals surface area contributed by atoms with Crippen LogP contribution in [-0.2, 0) is 10.0 Å². The number of carbonyl (C=O) groups excluding carboxylic acids is 1. The maximum Gasteiger partial charge on any atom is 0.254 e. The first-order valence-corrected chi connectivity index (χ1v) is 7.69. The molecule has 19 heavy (non-hydrogen) atoms. The van der Waals surface area contributed by atoms with E-state index in [0.29, 0.717) is 18.7 Å². The Balaban J connectivity index is 3.29. The molecule has 6 heteroatoms. The van der Waals surface area contributed by atoms with Gasteiger partial charge in [-0.2, -0.15) is 0 Å². The number of carbonyl (C=O) groups is 1. The molecule has 1 N–H and O–H groups in total. The van der Waals surface area contributed by atoms with Gasteiger partial charge in [0.2, 0.25) is 10.0 Å². The fourth-order valence-corrected chi connectivity index (χ4v) is 2.55. The summed E-state index contributed by atoms with van der Waals surface area (Å²) in [6, 6.07) is 4.59. The van der Waals surface area contributed by atoms with E-state index in [-0.39, 0.29) is 10.8 Å². The van der Waals surface area contributed by atoms with Gasteiger partial charge in [-0.1, -0.05) is 6.07 Å². The molecule has 1 rings (SSSR count). The van der Waals surface area contributed by atoms with Crippen molar-refractivity contribution in [2.24, 2.45) is 0 Å². The maximum absolute atomic E-state index is 12.3. The first kappa shape index (κ1) is 15.7. The molecule has 0 fully saturated rings. The Labute approximate surface area is 114 Å². The molecule has 0 aliphatic rings. The van der Waals surface area contributed by atoms with E-state index < -0.39 is 10.0 Å². The molecule has 1 aromatic rings. The molecule has 0 spiro atoms. The first-order chi connectivity index (χ1) is 8.87. The molecule has 0 unspecified atom stereocenters. The van der Waals surface area contributed by atoms with Gasteiger partial charge in [-0.15, -0.1) is 0 Å². The molecule has 0 aliphatic carbocycles. The molecule has 1 amide bonds. The van der Waals surface area contributed by atoms with E-state index in [2.05, 4.69) is 4.72 Å². The highest BCUT2D eigenvalue weighted by Crippen LogP contribution is 2.17. The van der Waals surface area contributed by atoms with Crippen LogP contribution in [0.2, 0.25) is 0 Å². The van der Waals surface area contributed by atoms with Gasteiger partial charge in [0.05, 0.1) is 4.90 Å². The molecular formula is C13H20N2O3S. The number of aryl methyl sites for hydroxylation is 1. The van der Waals surface area contributed by atoms with Crippen molar-refractivity contribution in [3.8, 4) is 0 Å². The van der Waals surface area contributed by atoms with E-state index in [1.165, 1.54) is 19.2 Å². The molecule has 5 nitrogen and oxygen atoms in total. The van der Waals surface area contributed by atoms with Crippen molar-refractivity contribution in [3.63, 3.8) is 0 Å². The van der Waals surface area contributed by atoms with Crippen LogP contribution in [0.3, 0.4) is 0 Å². The summed E-state index contributed by atoms with van der Waals surface area (Å²) in [6.07, 6.45) is 0. The summed E-state index contributed by atoms with van der Waals surface area (Å²) in [7, 11) is -2.18. The van der Waals surface area contributed by atoms with Crippen LogP contribution in [0, 0.1) is 6.92 Å². The first-order valence-electron chi connectivity index (χ1n) is 6.20. The minimum atomic E-state index is -3.53. The Morgan fingerprint density at radius 1 is 1.26 bits per heavy atom. The standard InChI is InChI=1S/C13H20N2O3S/c1-5-15(6-2)13(16)12-9-11(8-7-10(12)3)19(17,18)14-4/h7-9,14H,5-6H2,1-4H3. The summed E-state index contributed by atoms with van der Waals surface area (Å²) in [6.45, 7) is 6.78. The third-order valence-electron chi connectivity index (χ3n) is 3.07. The maximum atomic E-state index is 12.3. The fraction of sp³-hybridized carbons (Fsp3) is 0.462. The SMILES string of the molecule is CCN(CC)C(=O)c1cc(S(=O)(=O)NC)ccc1C. The number of sulfonamides is 1. The van der Waals surface area contributed by atoms with Gasteiger partial charge in [-0.05, 0) is 45.5 Å². The molecule has 0 bridgehead atoms. The minimum absolute atomic E-state index is 0.108. The van der Waals surface area contributed by atoms with Gasteiger partial charge in [0.1, 0.15) is 0 Å². The minimum Gasteiger partial charge on any atom is -0.339 e. The van der Waals surface area contributed by atoms with Gasteiger partial charge in [-0.25, -0.2) is 13.1 Å². The van der Waals surface area contributed by atoms with E-state index in [0.717, 1.165) is 5.56 Å². The quantitative estimate of drug-likeness (QED) is 0.888. The van der Waals surface area contributed by atoms with E-state index >= 15 is 0 Å². The lowest BCUT2D eigenvalue weighted by molar-refractivity contribution is 0.0772. The molecule has 0 aliphatic heterocycles. The Hall–Kier alpha value is -1.40. The summed E-state index contributed by atoms with van der Waals surface area (Å²) in [5, 5.41) is 0. The molecule has 1 aromatic carbocycles. The highest BCUT2D eigenvalue weighted by Gasteiger charge is 2.19. The average Bonchev–Trinajstić information content (AvgIpc) is 2.40. The van der Waals surface area contributed by atoms with E-state index in [1.54, 1.807) is 17.9 Å². The molecular weight excluding hydrogens is 264 g/mol. The number of amides is 1. The third-order valence-corrected chi connectivity index (χ3v) is 4.48. The van der Waals surface area contributed by atoms with Crippen LogP contribution in [-0.4, -0.2) is 39.4 Å².